The first-order valence-electron chi connectivity index (χ1n) is 7.10. The zero-order chi connectivity index (χ0) is 14.4. The molecule has 1 unspecified atom stereocenters. The maximum Gasteiger partial charge on any atom is 0.175 e. The Bertz CT molecular complexity index is 439. The molecule has 4 nitrogen and oxygen atoms in total. The summed E-state index contributed by atoms with van der Waals surface area (Å²) in [4.78, 5) is 0. The zero-order valence-corrected chi connectivity index (χ0v) is 13.4. The molecule has 1 aliphatic heterocycles. The first kappa shape index (κ1) is 15.6. The first-order chi connectivity index (χ1) is 9.70. The number of aliphatic hydroxyl groups is 1. The van der Waals surface area contributed by atoms with E-state index in [1.165, 1.54) is 5.56 Å². The molecule has 0 saturated carbocycles. The van der Waals surface area contributed by atoms with Crippen LogP contribution in [-0.2, 0) is 6.54 Å². The number of ether oxygens (including phenoxy) is 2. The molecule has 112 valence electrons. The lowest BCUT2D eigenvalue weighted by Gasteiger charge is -2.20. The van der Waals surface area contributed by atoms with E-state index in [0.717, 1.165) is 41.9 Å². The normalized spacial score (nSPS) is 15.2. The highest BCUT2D eigenvalue weighted by molar-refractivity contribution is 9.10. The van der Waals surface area contributed by atoms with Gasteiger partial charge >= 0.3 is 0 Å². The summed E-state index contributed by atoms with van der Waals surface area (Å²) in [6, 6.07) is 4.10. The molecule has 0 spiro atoms. The van der Waals surface area contributed by atoms with Crippen LogP contribution in [0.5, 0.6) is 11.5 Å². The summed E-state index contributed by atoms with van der Waals surface area (Å²) in [5.41, 5.74) is 1.18. The second-order valence-corrected chi connectivity index (χ2v) is 6.06. The third kappa shape index (κ3) is 4.36. The molecule has 1 atom stereocenters. The Kier molecular flexibility index (Phi) is 6.13. The van der Waals surface area contributed by atoms with Crippen LogP contribution < -0.4 is 14.8 Å². The van der Waals surface area contributed by atoms with Crippen LogP contribution in [0.2, 0.25) is 0 Å². The quantitative estimate of drug-likeness (QED) is 0.747. The van der Waals surface area contributed by atoms with E-state index in [9.17, 15) is 0 Å². The number of halogens is 1. The van der Waals surface area contributed by atoms with Crippen molar-refractivity contribution in [3.05, 3.63) is 22.2 Å². The van der Waals surface area contributed by atoms with E-state index in [1.54, 1.807) is 0 Å². The lowest BCUT2D eigenvalue weighted by atomic mass is 10.1. The number of rotatable bonds is 7. The molecular formula is C15H22BrNO3. The van der Waals surface area contributed by atoms with Gasteiger partial charge in [0.05, 0.1) is 4.47 Å². The van der Waals surface area contributed by atoms with Gasteiger partial charge in [-0.05, 0) is 58.9 Å². The Morgan fingerprint density at radius 3 is 2.95 bits per heavy atom. The Hall–Kier alpha value is -0.780. The summed E-state index contributed by atoms with van der Waals surface area (Å²) < 4.78 is 12.1. The molecule has 0 radical (unpaired) electrons. The summed E-state index contributed by atoms with van der Waals surface area (Å²) >= 11 is 3.52. The predicted octanol–water partition coefficient (Wildman–Crippen LogP) is 2.72. The molecule has 1 aromatic carbocycles. The van der Waals surface area contributed by atoms with Crippen LogP contribution in [0.3, 0.4) is 0 Å². The van der Waals surface area contributed by atoms with Crippen LogP contribution in [-0.4, -0.2) is 31.5 Å². The lowest BCUT2D eigenvalue weighted by Crippen LogP contribution is -2.18. The largest absolute Gasteiger partial charge is 0.486 e. The van der Waals surface area contributed by atoms with E-state index in [0.29, 0.717) is 19.1 Å². The maximum absolute atomic E-state index is 8.96. The van der Waals surface area contributed by atoms with E-state index in [4.69, 9.17) is 14.6 Å². The van der Waals surface area contributed by atoms with Crippen molar-refractivity contribution in [2.45, 2.75) is 26.3 Å². The number of aliphatic hydroxyl groups excluding tert-OH is 1. The molecule has 0 bridgehead atoms. The van der Waals surface area contributed by atoms with Crippen molar-refractivity contribution in [1.82, 2.24) is 5.32 Å². The van der Waals surface area contributed by atoms with Gasteiger partial charge < -0.3 is 19.9 Å². The molecular weight excluding hydrogens is 322 g/mol. The van der Waals surface area contributed by atoms with Crippen LogP contribution in [0, 0.1) is 5.92 Å². The number of nitrogens with one attached hydrogen (secondary N) is 1. The number of fused-ring (bicyclic) bond motifs is 1. The van der Waals surface area contributed by atoms with Gasteiger partial charge in [-0.3, -0.25) is 0 Å². The third-order valence-corrected chi connectivity index (χ3v) is 3.94. The zero-order valence-electron chi connectivity index (χ0n) is 11.8. The van der Waals surface area contributed by atoms with Gasteiger partial charge in [-0.15, -0.1) is 0 Å². The Balaban J connectivity index is 1.80. The van der Waals surface area contributed by atoms with Crippen molar-refractivity contribution < 1.29 is 14.6 Å². The van der Waals surface area contributed by atoms with Gasteiger partial charge in [-0.1, -0.05) is 6.92 Å². The highest BCUT2D eigenvalue weighted by atomic mass is 79.9. The molecule has 0 saturated heterocycles. The van der Waals surface area contributed by atoms with Crippen LogP contribution in [0.4, 0.5) is 0 Å². The highest BCUT2D eigenvalue weighted by Gasteiger charge is 2.16. The van der Waals surface area contributed by atoms with Crippen LogP contribution >= 0.6 is 15.9 Å². The molecule has 5 heteroatoms. The smallest absolute Gasteiger partial charge is 0.175 e. The van der Waals surface area contributed by atoms with E-state index >= 15 is 0 Å². The molecule has 0 fully saturated rings. The monoisotopic (exact) mass is 343 g/mol. The average Bonchev–Trinajstić information content (AvgIpc) is 2.46. The molecule has 2 N–H and O–H groups in total. The number of hydrogen-bond donors (Lipinski definition) is 2. The van der Waals surface area contributed by atoms with Crippen molar-refractivity contribution in [3.8, 4) is 11.5 Å². The van der Waals surface area contributed by atoms with Crippen LogP contribution in [0.15, 0.2) is 16.6 Å². The Labute approximate surface area is 128 Å². The minimum atomic E-state index is 0.273. The second kappa shape index (κ2) is 7.86. The summed E-state index contributed by atoms with van der Waals surface area (Å²) in [6.45, 7) is 5.31. The summed E-state index contributed by atoms with van der Waals surface area (Å²) in [5, 5.41) is 12.4. The first-order valence-corrected chi connectivity index (χ1v) is 7.89. The molecule has 1 heterocycles. The van der Waals surface area contributed by atoms with E-state index in [2.05, 4.69) is 34.2 Å². The topological polar surface area (TPSA) is 50.7 Å². The van der Waals surface area contributed by atoms with Crippen LogP contribution in [0.25, 0.3) is 0 Å². The summed E-state index contributed by atoms with van der Waals surface area (Å²) in [6.07, 6.45) is 2.13. The van der Waals surface area contributed by atoms with E-state index in [-0.39, 0.29) is 6.61 Å². The minimum absolute atomic E-state index is 0.273. The predicted molar refractivity (Wildman–Crippen MR) is 82.3 cm³/mol. The fourth-order valence-corrected chi connectivity index (χ4v) is 2.77. The average molecular weight is 344 g/mol. The van der Waals surface area contributed by atoms with Crippen LogP contribution in [0.1, 0.15) is 25.3 Å². The minimum Gasteiger partial charge on any atom is -0.486 e. The molecule has 2 rings (SSSR count). The summed E-state index contributed by atoms with van der Waals surface area (Å²) in [7, 11) is 0. The lowest BCUT2D eigenvalue weighted by molar-refractivity contribution is 0.170. The molecule has 1 aliphatic rings. The van der Waals surface area contributed by atoms with Gasteiger partial charge in [0.25, 0.3) is 0 Å². The van der Waals surface area contributed by atoms with Gasteiger partial charge in [-0.25, -0.2) is 0 Å². The molecule has 0 amide bonds. The molecule has 0 aromatic heterocycles. The van der Waals surface area contributed by atoms with Gasteiger partial charge in [0.15, 0.2) is 11.5 Å². The van der Waals surface area contributed by atoms with Crippen molar-refractivity contribution in [3.63, 3.8) is 0 Å². The van der Waals surface area contributed by atoms with Gasteiger partial charge in [0, 0.05) is 13.2 Å². The fourth-order valence-electron chi connectivity index (χ4n) is 2.17. The van der Waals surface area contributed by atoms with E-state index in [1.807, 2.05) is 6.07 Å². The van der Waals surface area contributed by atoms with Crippen molar-refractivity contribution in [2.75, 3.05) is 26.4 Å². The third-order valence-electron chi connectivity index (χ3n) is 3.35. The molecule has 20 heavy (non-hydrogen) atoms. The van der Waals surface area contributed by atoms with Gasteiger partial charge in [0.1, 0.15) is 13.2 Å². The molecule has 1 aromatic rings. The van der Waals surface area contributed by atoms with Gasteiger partial charge in [-0.2, -0.15) is 0 Å². The van der Waals surface area contributed by atoms with Crippen molar-refractivity contribution >= 4 is 15.9 Å². The molecule has 0 aliphatic carbocycles. The number of hydrogen-bond acceptors (Lipinski definition) is 4. The van der Waals surface area contributed by atoms with Crippen molar-refractivity contribution in [1.29, 1.82) is 0 Å². The second-order valence-electron chi connectivity index (χ2n) is 5.21. The number of benzene rings is 1. The summed E-state index contributed by atoms with van der Waals surface area (Å²) in [5.74, 6) is 2.01. The van der Waals surface area contributed by atoms with Gasteiger partial charge in [0.2, 0.25) is 0 Å². The van der Waals surface area contributed by atoms with E-state index < -0.39 is 0 Å². The fraction of sp³-hybridized carbons (Fsp3) is 0.600. The maximum atomic E-state index is 8.96. The standard InChI is InChI=1S/C15H22BrNO3/c1-11(10-18)3-2-4-17-9-12-7-13(16)15-14(8-12)19-5-6-20-15/h7-8,11,17-18H,2-6,9-10H2,1H3. The Morgan fingerprint density at radius 1 is 1.35 bits per heavy atom. The highest BCUT2D eigenvalue weighted by Crippen LogP contribution is 2.38. The van der Waals surface area contributed by atoms with Crippen molar-refractivity contribution in [2.24, 2.45) is 5.92 Å². The Morgan fingerprint density at radius 2 is 2.15 bits per heavy atom. The SMILES string of the molecule is CC(CO)CCCNCc1cc(Br)c2c(c1)OCCO2.